The largest absolute Gasteiger partial charge is 0.336 e. The number of nitrogens with zero attached hydrogens (tertiary/aromatic N) is 1. The quantitative estimate of drug-likeness (QED) is 0.570. The number of aromatic nitrogens is 1. The summed E-state index contributed by atoms with van der Waals surface area (Å²) in [4.78, 5) is 16.2. The van der Waals surface area contributed by atoms with Crippen molar-refractivity contribution in [3.8, 4) is 0 Å². The van der Waals surface area contributed by atoms with Crippen LogP contribution >= 0.6 is 11.6 Å². The van der Waals surface area contributed by atoms with Crippen molar-refractivity contribution in [1.82, 2.24) is 10.3 Å². The van der Waals surface area contributed by atoms with Crippen molar-refractivity contribution in [2.45, 2.75) is 10.1 Å². The number of anilines is 1. The molecule has 3 rings (SSSR count). The molecule has 0 aliphatic carbocycles. The highest BCUT2D eigenvalue weighted by Crippen LogP contribution is 2.28. The summed E-state index contributed by atoms with van der Waals surface area (Å²) in [6.45, 7) is -0.211. The first-order valence-corrected chi connectivity index (χ1v) is 10.5. The van der Waals surface area contributed by atoms with E-state index in [0.29, 0.717) is 16.3 Å². The molecule has 2 amide bonds. The van der Waals surface area contributed by atoms with Gasteiger partial charge in [-0.25, -0.2) is 17.6 Å². The topological polar surface area (TPSA) is 88.2 Å². The Balaban J connectivity index is 1.81. The van der Waals surface area contributed by atoms with Crippen molar-refractivity contribution >= 4 is 33.2 Å². The van der Waals surface area contributed by atoms with Crippen LogP contribution in [0.25, 0.3) is 0 Å². The molecule has 0 spiro atoms. The summed E-state index contributed by atoms with van der Waals surface area (Å²) in [6, 6.07) is 13.7. The fourth-order valence-corrected chi connectivity index (χ4v) is 4.52. The molecule has 0 saturated heterocycles. The zero-order valence-corrected chi connectivity index (χ0v) is 16.6. The van der Waals surface area contributed by atoms with E-state index in [2.05, 4.69) is 15.6 Å². The van der Waals surface area contributed by atoms with Crippen LogP contribution < -0.4 is 10.6 Å². The summed E-state index contributed by atoms with van der Waals surface area (Å²) in [7, 11) is -3.92. The fourth-order valence-electron chi connectivity index (χ4n) is 2.69. The summed E-state index contributed by atoms with van der Waals surface area (Å²) in [5.74, 6) is -0.541. The van der Waals surface area contributed by atoms with Gasteiger partial charge >= 0.3 is 6.03 Å². The molecular formula is C20H17ClFN3O3S. The second kappa shape index (κ2) is 9.02. The minimum absolute atomic E-state index is 0.0511. The van der Waals surface area contributed by atoms with Crippen molar-refractivity contribution in [2.24, 2.45) is 0 Å². The van der Waals surface area contributed by atoms with E-state index in [0.717, 1.165) is 12.1 Å². The number of hydrogen-bond acceptors (Lipinski definition) is 4. The lowest BCUT2D eigenvalue weighted by atomic mass is 10.2. The van der Waals surface area contributed by atoms with Crippen molar-refractivity contribution in [3.05, 3.63) is 89.5 Å². The fraction of sp³-hybridized carbons (Fsp3) is 0.100. The Morgan fingerprint density at radius 3 is 2.52 bits per heavy atom. The van der Waals surface area contributed by atoms with Gasteiger partial charge in [-0.05, 0) is 54.1 Å². The third kappa shape index (κ3) is 5.30. The number of hydrogen-bond donors (Lipinski definition) is 2. The molecule has 1 unspecified atom stereocenters. The molecule has 0 saturated carbocycles. The van der Waals surface area contributed by atoms with Crippen molar-refractivity contribution < 1.29 is 17.6 Å². The number of pyridine rings is 1. The number of amides is 2. The minimum Gasteiger partial charge on any atom is -0.336 e. The maximum absolute atomic E-state index is 13.2. The highest BCUT2D eigenvalue weighted by molar-refractivity contribution is 7.91. The van der Waals surface area contributed by atoms with Gasteiger partial charge in [0.15, 0.2) is 9.84 Å². The lowest BCUT2D eigenvalue weighted by molar-refractivity contribution is 0.252. The van der Waals surface area contributed by atoms with Gasteiger partial charge in [-0.3, -0.25) is 4.98 Å². The van der Waals surface area contributed by atoms with Crippen LogP contribution in [0.1, 0.15) is 10.8 Å². The Hall–Kier alpha value is -2.97. The van der Waals surface area contributed by atoms with Crippen molar-refractivity contribution in [3.63, 3.8) is 0 Å². The maximum atomic E-state index is 13.2. The average molecular weight is 434 g/mol. The number of sulfone groups is 1. The predicted octanol–water partition coefficient (Wildman–Crippen LogP) is 4.21. The molecule has 1 aromatic heterocycles. The SMILES string of the molecule is O=C(NCC(c1cccnc1)S(=O)(=O)c1ccc(F)cc1)Nc1cccc(Cl)c1. The minimum atomic E-state index is -3.92. The van der Waals surface area contributed by atoms with E-state index in [4.69, 9.17) is 11.6 Å². The molecule has 3 aromatic rings. The van der Waals surface area contributed by atoms with Crippen molar-refractivity contribution in [2.75, 3.05) is 11.9 Å². The monoisotopic (exact) mass is 433 g/mol. The zero-order valence-electron chi connectivity index (χ0n) is 15.0. The zero-order chi connectivity index (χ0) is 20.9. The molecule has 6 nitrogen and oxygen atoms in total. The second-order valence-electron chi connectivity index (χ2n) is 6.12. The first-order chi connectivity index (χ1) is 13.9. The Morgan fingerprint density at radius 1 is 1.10 bits per heavy atom. The molecular weight excluding hydrogens is 417 g/mol. The van der Waals surface area contributed by atoms with E-state index in [1.807, 2.05) is 0 Å². The van der Waals surface area contributed by atoms with Gasteiger partial charge < -0.3 is 10.6 Å². The van der Waals surface area contributed by atoms with Crippen LogP contribution in [-0.2, 0) is 9.84 Å². The first kappa shape index (κ1) is 20.8. The summed E-state index contributed by atoms with van der Waals surface area (Å²) in [5, 5.41) is 4.50. The maximum Gasteiger partial charge on any atom is 0.319 e. The van der Waals surface area contributed by atoms with Crippen LogP contribution in [-0.4, -0.2) is 26.0 Å². The van der Waals surface area contributed by atoms with Gasteiger partial charge in [-0.1, -0.05) is 23.7 Å². The van der Waals surface area contributed by atoms with Gasteiger partial charge in [0.2, 0.25) is 0 Å². The molecule has 0 radical (unpaired) electrons. The molecule has 1 heterocycles. The summed E-state index contributed by atoms with van der Waals surface area (Å²) < 4.78 is 39.4. The first-order valence-electron chi connectivity index (χ1n) is 8.56. The van der Waals surface area contributed by atoms with Crippen LogP contribution in [0.5, 0.6) is 0 Å². The van der Waals surface area contributed by atoms with E-state index < -0.39 is 26.9 Å². The van der Waals surface area contributed by atoms with Crippen molar-refractivity contribution in [1.29, 1.82) is 0 Å². The standard InChI is InChI=1S/C20H17ClFN3O3S/c21-15-4-1-5-17(11-15)25-20(26)24-13-19(14-3-2-10-23-12-14)29(27,28)18-8-6-16(22)7-9-18/h1-12,19H,13H2,(H2,24,25,26). The molecule has 2 aromatic carbocycles. The lowest BCUT2D eigenvalue weighted by Gasteiger charge is -2.19. The number of halogens is 2. The van der Waals surface area contributed by atoms with Crippen LogP contribution in [0.2, 0.25) is 5.02 Å². The Labute approximate surface area is 172 Å². The third-order valence-corrected chi connectivity index (χ3v) is 6.46. The van der Waals surface area contributed by atoms with E-state index in [1.54, 1.807) is 36.4 Å². The number of rotatable bonds is 6. The molecule has 1 atom stereocenters. The third-order valence-electron chi connectivity index (χ3n) is 4.10. The summed E-state index contributed by atoms with van der Waals surface area (Å²) in [5.41, 5.74) is 0.870. The molecule has 0 bridgehead atoms. The smallest absolute Gasteiger partial charge is 0.319 e. The van der Waals surface area contributed by atoms with E-state index in [-0.39, 0.29) is 11.4 Å². The molecule has 0 aliphatic heterocycles. The highest BCUT2D eigenvalue weighted by atomic mass is 35.5. The second-order valence-corrected chi connectivity index (χ2v) is 8.69. The van der Waals surface area contributed by atoms with Gasteiger partial charge in [-0.15, -0.1) is 0 Å². The molecule has 29 heavy (non-hydrogen) atoms. The van der Waals surface area contributed by atoms with Crippen LogP contribution in [0.15, 0.2) is 78.0 Å². The summed E-state index contributed by atoms with van der Waals surface area (Å²) in [6.07, 6.45) is 2.94. The number of carbonyl (C=O) groups excluding carboxylic acids is 1. The van der Waals surface area contributed by atoms with Gasteiger partial charge in [0.25, 0.3) is 0 Å². The molecule has 150 valence electrons. The lowest BCUT2D eigenvalue weighted by Crippen LogP contribution is -2.35. The molecule has 0 fully saturated rings. The van der Waals surface area contributed by atoms with E-state index in [9.17, 15) is 17.6 Å². The van der Waals surface area contributed by atoms with Crippen LogP contribution in [0.4, 0.5) is 14.9 Å². The van der Waals surface area contributed by atoms with E-state index in [1.165, 1.54) is 24.5 Å². The molecule has 2 N–H and O–H groups in total. The highest BCUT2D eigenvalue weighted by Gasteiger charge is 2.30. The van der Waals surface area contributed by atoms with Gasteiger partial charge in [0, 0.05) is 29.6 Å². The Bertz CT molecular complexity index is 1090. The summed E-state index contributed by atoms with van der Waals surface area (Å²) >= 11 is 5.89. The van der Waals surface area contributed by atoms with Gasteiger partial charge in [-0.2, -0.15) is 0 Å². The molecule has 0 aliphatic rings. The van der Waals surface area contributed by atoms with Crippen LogP contribution in [0.3, 0.4) is 0 Å². The number of nitrogens with one attached hydrogen (secondary N) is 2. The van der Waals surface area contributed by atoms with Gasteiger partial charge in [0.05, 0.1) is 4.90 Å². The average Bonchev–Trinajstić information content (AvgIpc) is 2.69. The van der Waals surface area contributed by atoms with Gasteiger partial charge in [0.1, 0.15) is 11.1 Å². The Kier molecular flexibility index (Phi) is 6.46. The predicted molar refractivity (Wildman–Crippen MR) is 109 cm³/mol. The number of carbonyl (C=O) groups is 1. The number of urea groups is 1. The van der Waals surface area contributed by atoms with E-state index >= 15 is 0 Å². The normalized spacial score (nSPS) is 12.2. The van der Waals surface area contributed by atoms with Crippen LogP contribution in [0, 0.1) is 5.82 Å². The molecule has 9 heteroatoms. The number of benzene rings is 2. The Morgan fingerprint density at radius 2 is 1.86 bits per heavy atom.